The Hall–Kier alpha value is -2.87. The Balaban J connectivity index is 1.28. The summed E-state index contributed by atoms with van der Waals surface area (Å²) in [5.41, 5.74) is 3.39. The number of ether oxygens (including phenoxy) is 1. The molecule has 0 aliphatic carbocycles. The van der Waals surface area contributed by atoms with E-state index in [0.29, 0.717) is 26.2 Å². The van der Waals surface area contributed by atoms with Crippen molar-refractivity contribution in [1.29, 1.82) is 0 Å². The van der Waals surface area contributed by atoms with Crippen LogP contribution in [-0.4, -0.2) is 46.3 Å². The molecular formula is C19H23N5O3. The van der Waals surface area contributed by atoms with Crippen LogP contribution in [0, 0.1) is 0 Å². The number of fused-ring (bicyclic) bond motifs is 1. The molecule has 2 amide bonds. The molecule has 3 aromatic rings. The van der Waals surface area contributed by atoms with Crippen molar-refractivity contribution < 1.29 is 13.9 Å². The number of oxazole rings is 1. The Labute approximate surface area is 156 Å². The number of carbonyl (C=O) groups is 1. The largest absolute Gasteiger partial charge is 0.440 e. The number of rotatable bonds is 5. The second-order valence-electron chi connectivity index (χ2n) is 6.76. The van der Waals surface area contributed by atoms with Gasteiger partial charge in [0.15, 0.2) is 11.5 Å². The van der Waals surface area contributed by atoms with Gasteiger partial charge in [-0.2, -0.15) is 5.10 Å². The number of urea groups is 1. The molecule has 0 spiro atoms. The van der Waals surface area contributed by atoms with Crippen LogP contribution in [0.3, 0.4) is 0 Å². The fourth-order valence-electron chi connectivity index (χ4n) is 3.40. The lowest BCUT2D eigenvalue weighted by Gasteiger charge is -2.30. The van der Waals surface area contributed by atoms with E-state index < -0.39 is 0 Å². The molecule has 1 saturated heterocycles. The number of aromatic nitrogens is 3. The third kappa shape index (κ3) is 3.95. The second kappa shape index (κ2) is 7.79. The third-order valence-electron chi connectivity index (χ3n) is 4.85. The zero-order valence-electron chi connectivity index (χ0n) is 15.3. The fraction of sp³-hybridized carbons (Fsp3) is 0.421. The monoisotopic (exact) mass is 369 g/mol. The molecule has 0 unspecified atom stereocenters. The van der Waals surface area contributed by atoms with Crippen LogP contribution >= 0.6 is 0 Å². The summed E-state index contributed by atoms with van der Waals surface area (Å²) in [5, 5.41) is 9.97. The molecule has 1 aliphatic rings. The molecule has 1 fully saturated rings. The van der Waals surface area contributed by atoms with Crippen molar-refractivity contribution in [3.8, 4) is 0 Å². The normalized spacial score (nSPS) is 15.4. The summed E-state index contributed by atoms with van der Waals surface area (Å²) < 4.78 is 10.9. The van der Waals surface area contributed by atoms with Gasteiger partial charge < -0.3 is 19.4 Å². The van der Waals surface area contributed by atoms with E-state index in [4.69, 9.17) is 9.15 Å². The number of methoxy groups -OCH3 is 1. The minimum atomic E-state index is -0.0612. The number of para-hydroxylation sites is 2. The highest BCUT2D eigenvalue weighted by atomic mass is 16.5. The van der Waals surface area contributed by atoms with Crippen molar-refractivity contribution in [3.63, 3.8) is 0 Å². The van der Waals surface area contributed by atoms with Crippen molar-refractivity contribution in [2.75, 3.05) is 20.2 Å². The first-order valence-electron chi connectivity index (χ1n) is 9.13. The molecule has 142 valence electrons. The molecular weight excluding hydrogens is 346 g/mol. The lowest BCUT2D eigenvalue weighted by atomic mass is 9.97. The van der Waals surface area contributed by atoms with Gasteiger partial charge in [-0.25, -0.2) is 9.78 Å². The minimum absolute atomic E-state index is 0.0612. The highest BCUT2D eigenvalue weighted by molar-refractivity contribution is 5.74. The van der Waals surface area contributed by atoms with Crippen molar-refractivity contribution in [3.05, 3.63) is 47.6 Å². The van der Waals surface area contributed by atoms with Crippen molar-refractivity contribution in [2.24, 2.45) is 0 Å². The average Bonchev–Trinajstić information content (AvgIpc) is 3.33. The van der Waals surface area contributed by atoms with Crippen LogP contribution in [0.25, 0.3) is 11.1 Å². The molecule has 8 heteroatoms. The summed E-state index contributed by atoms with van der Waals surface area (Å²) in [6.07, 6.45) is 1.70. The molecule has 3 heterocycles. The molecule has 2 aromatic heterocycles. The first-order chi connectivity index (χ1) is 13.2. The van der Waals surface area contributed by atoms with Gasteiger partial charge in [0.2, 0.25) is 0 Å². The molecule has 0 saturated carbocycles. The van der Waals surface area contributed by atoms with E-state index in [1.165, 1.54) is 0 Å². The summed E-state index contributed by atoms with van der Waals surface area (Å²) in [4.78, 5) is 18.8. The van der Waals surface area contributed by atoms with Crippen LogP contribution in [0.4, 0.5) is 4.79 Å². The van der Waals surface area contributed by atoms with Crippen LogP contribution in [0.2, 0.25) is 0 Å². The van der Waals surface area contributed by atoms with Gasteiger partial charge in [0.1, 0.15) is 5.52 Å². The lowest BCUT2D eigenvalue weighted by Crippen LogP contribution is -2.43. The Kier molecular flexibility index (Phi) is 5.06. The van der Waals surface area contributed by atoms with Gasteiger partial charge in [-0.1, -0.05) is 12.1 Å². The maximum Gasteiger partial charge on any atom is 0.317 e. The average molecular weight is 369 g/mol. The van der Waals surface area contributed by atoms with E-state index in [1.807, 2.05) is 35.2 Å². The minimum Gasteiger partial charge on any atom is -0.440 e. The van der Waals surface area contributed by atoms with Gasteiger partial charge in [-0.05, 0) is 31.0 Å². The smallest absolute Gasteiger partial charge is 0.317 e. The number of H-pyrrole nitrogens is 1. The predicted octanol–water partition coefficient (Wildman–Crippen LogP) is 2.79. The summed E-state index contributed by atoms with van der Waals surface area (Å²) in [6, 6.07) is 9.62. The molecule has 1 aromatic carbocycles. The molecule has 2 N–H and O–H groups in total. The Morgan fingerprint density at radius 1 is 1.37 bits per heavy atom. The number of nitrogens with one attached hydrogen (secondary N) is 2. The van der Waals surface area contributed by atoms with Crippen LogP contribution < -0.4 is 5.32 Å². The highest BCUT2D eigenvalue weighted by Crippen LogP contribution is 2.29. The third-order valence-corrected chi connectivity index (χ3v) is 4.85. The maximum absolute atomic E-state index is 12.4. The number of nitrogens with zero attached hydrogens (tertiary/aromatic N) is 3. The Morgan fingerprint density at radius 2 is 2.19 bits per heavy atom. The Bertz CT molecular complexity index is 878. The fourth-order valence-corrected chi connectivity index (χ4v) is 3.40. The van der Waals surface area contributed by atoms with Gasteiger partial charge in [0.25, 0.3) is 0 Å². The van der Waals surface area contributed by atoms with E-state index >= 15 is 0 Å². The molecule has 0 radical (unpaired) electrons. The summed E-state index contributed by atoms with van der Waals surface area (Å²) in [6.45, 7) is 2.24. The predicted molar refractivity (Wildman–Crippen MR) is 99.1 cm³/mol. The molecule has 27 heavy (non-hydrogen) atoms. The van der Waals surface area contributed by atoms with Crippen LogP contribution in [0.15, 0.2) is 34.7 Å². The number of hydrogen-bond acceptors (Lipinski definition) is 5. The van der Waals surface area contributed by atoms with Gasteiger partial charge in [-0.15, -0.1) is 0 Å². The number of benzene rings is 1. The van der Waals surface area contributed by atoms with E-state index in [-0.39, 0.29) is 11.9 Å². The molecule has 8 nitrogen and oxygen atoms in total. The molecule has 0 bridgehead atoms. The van der Waals surface area contributed by atoms with Crippen LogP contribution in [0.5, 0.6) is 0 Å². The van der Waals surface area contributed by atoms with E-state index in [9.17, 15) is 4.79 Å². The first kappa shape index (κ1) is 17.5. The number of hydrogen-bond donors (Lipinski definition) is 2. The summed E-state index contributed by atoms with van der Waals surface area (Å²) >= 11 is 0. The summed E-state index contributed by atoms with van der Waals surface area (Å²) in [7, 11) is 1.63. The quantitative estimate of drug-likeness (QED) is 0.721. The lowest BCUT2D eigenvalue weighted by molar-refractivity contribution is 0.177. The van der Waals surface area contributed by atoms with Gasteiger partial charge >= 0.3 is 6.03 Å². The summed E-state index contributed by atoms with van der Waals surface area (Å²) in [5.74, 6) is 1.03. The van der Waals surface area contributed by atoms with Crippen molar-refractivity contribution >= 4 is 17.1 Å². The molecule has 4 rings (SSSR count). The van der Waals surface area contributed by atoms with Gasteiger partial charge in [0.05, 0.1) is 24.5 Å². The van der Waals surface area contributed by atoms with Crippen molar-refractivity contribution in [2.45, 2.75) is 31.9 Å². The van der Waals surface area contributed by atoms with Crippen molar-refractivity contribution in [1.82, 2.24) is 25.4 Å². The number of aromatic amines is 1. The molecule has 1 aliphatic heterocycles. The van der Waals surface area contributed by atoms with E-state index in [1.54, 1.807) is 7.11 Å². The van der Waals surface area contributed by atoms with Gasteiger partial charge in [0, 0.05) is 26.1 Å². The zero-order chi connectivity index (χ0) is 18.6. The standard InChI is InChI=1S/C19H23N5O3/c1-26-12-15-10-14(22-23-15)11-20-19(25)24-8-6-13(7-9-24)18-21-16-4-2-3-5-17(16)27-18/h2-5,10,13H,6-9,11-12H2,1H3,(H,20,25)(H,22,23). The van der Waals surface area contributed by atoms with E-state index in [0.717, 1.165) is 41.2 Å². The van der Waals surface area contributed by atoms with Crippen LogP contribution in [0.1, 0.15) is 36.0 Å². The number of piperidine rings is 1. The number of likely N-dealkylation sites (tertiary alicyclic amines) is 1. The number of carbonyl (C=O) groups excluding carboxylic acids is 1. The SMILES string of the molecule is COCc1cc(CNC(=O)N2CCC(c3nc4ccccc4o3)CC2)[nH]n1. The van der Waals surface area contributed by atoms with E-state index in [2.05, 4.69) is 20.5 Å². The molecule has 0 atom stereocenters. The number of amides is 2. The Morgan fingerprint density at radius 3 is 2.96 bits per heavy atom. The maximum atomic E-state index is 12.4. The topological polar surface area (TPSA) is 96.3 Å². The van der Waals surface area contributed by atoms with Crippen LogP contribution in [-0.2, 0) is 17.9 Å². The first-order valence-corrected chi connectivity index (χ1v) is 9.13. The highest BCUT2D eigenvalue weighted by Gasteiger charge is 2.27. The van der Waals surface area contributed by atoms with Gasteiger partial charge in [-0.3, -0.25) is 5.10 Å². The second-order valence-corrected chi connectivity index (χ2v) is 6.76. The zero-order valence-corrected chi connectivity index (χ0v) is 15.3.